The zero-order valence-corrected chi connectivity index (χ0v) is 28.7. The summed E-state index contributed by atoms with van der Waals surface area (Å²) in [7, 11) is 0. The van der Waals surface area contributed by atoms with Gasteiger partial charge in [0.2, 0.25) is 0 Å². The van der Waals surface area contributed by atoms with Gasteiger partial charge in [0.25, 0.3) is 0 Å². The van der Waals surface area contributed by atoms with Gasteiger partial charge in [0.1, 0.15) is 16.7 Å². The summed E-state index contributed by atoms with van der Waals surface area (Å²) in [5.41, 5.74) is 11.3. The highest BCUT2D eigenvalue weighted by atomic mass is 32.1. The third-order valence-corrected chi connectivity index (χ3v) is 11.4. The lowest BCUT2D eigenvalue weighted by Gasteiger charge is -2.26. The lowest BCUT2D eigenvalue weighted by molar-refractivity contribution is 0.669. The van der Waals surface area contributed by atoms with Crippen molar-refractivity contribution < 1.29 is 8.83 Å². The van der Waals surface area contributed by atoms with Crippen LogP contribution in [-0.2, 0) is 0 Å². The summed E-state index contributed by atoms with van der Waals surface area (Å²) < 4.78 is 15.7. The second kappa shape index (κ2) is 11.5. The van der Waals surface area contributed by atoms with Crippen LogP contribution in [0.3, 0.4) is 0 Å². The van der Waals surface area contributed by atoms with Crippen LogP contribution in [0.2, 0.25) is 0 Å². The minimum absolute atomic E-state index is 0.864. The Morgan fingerprint density at radius 3 is 1.92 bits per heavy atom. The number of hydrogen-bond donors (Lipinski definition) is 0. The van der Waals surface area contributed by atoms with Crippen LogP contribution < -0.4 is 4.90 Å². The molecule has 11 aromatic rings. The average molecular weight is 684 g/mol. The highest BCUT2D eigenvalue weighted by molar-refractivity contribution is 7.26. The quantitative estimate of drug-likeness (QED) is 0.181. The predicted octanol–water partition coefficient (Wildman–Crippen LogP) is 14.7. The molecular weight excluding hydrogens is 655 g/mol. The molecule has 244 valence electrons. The Morgan fingerprint density at radius 1 is 0.365 bits per heavy atom. The monoisotopic (exact) mass is 683 g/mol. The van der Waals surface area contributed by atoms with Gasteiger partial charge in [0.15, 0.2) is 5.58 Å². The van der Waals surface area contributed by atoms with Crippen LogP contribution in [0.4, 0.5) is 17.1 Å². The molecule has 0 radical (unpaired) electrons. The SMILES string of the molecule is c1ccc(-c2cccc(N(c3ccc(-c4ccc5oc6c(ccc7sc8ccccc8c76)c5c4)cc3)c3cccc4c3oc3ccccc34)c2)cc1. The molecule has 0 aliphatic rings. The average Bonchev–Trinajstić information content (AvgIpc) is 3.90. The molecule has 0 saturated heterocycles. The molecule has 0 amide bonds. The van der Waals surface area contributed by atoms with Gasteiger partial charge in [0.05, 0.1) is 5.69 Å². The molecule has 8 aromatic carbocycles. The molecule has 0 atom stereocenters. The number of rotatable bonds is 5. The van der Waals surface area contributed by atoms with E-state index in [1.54, 1.807) is 0 Å². The van der Waals surface area contributed by atoms with Crippen molar-refractivity contribution in [1.29, 1.82) is 0 Å². The standard InChI is InChI=1S/C48H29NO2S/c1-2-10-30(11-3-1)32-12-8-13-35(28-32)49(41-17-9-16-37-36-14-4-6-18-42(36)50-47(37)41)34-23-20-31(21-24-34)33-22-26-43-40(29-33)38-25-27-45-46(48(38)51-43)39-15-5-7-19-44(39)52-45/h1-29H. The van der Waals surface area contributed by atoms with E-state index < -0.39 is 0 Å². The molecule has 3 heterocycles. The number of fused-ring (bicyclic) bond motifs is 10. The molecule has 0 spiro atoms. The first-order valence-corrected chi connectivity index (χ1v) is 18.3. The minimum atomic E-state index is 0.864. The molecule has 0 saturated carbocycles. The van der Waals surface area contributed by atoms with Gasteiger partial charge in [-0.3, -0.25) is 0 Å². The topological polar surface area (TPSA) is 29.5 Å². The largest absolute Gasteiger partial charge is 0.455 e. The lowest BCUT2D eigenvalue weighted by atomic mass is 10.0. The van der Waals surface area contributed by atoms with Crippen molar-refractivity contribution in [2.24, 2.45) is 0 Å². The minimum Gasteiger partial charge on any atom is -0.455 e. The number of benzene rings is 8. The van der Waals surface area contributed by atoms with E-state index in [2.05, 4.69) is 169 Å². The van der Waals surface area contributed by atoms with E-state index in [0.29, 0.717) is 0 Å². The molecule has 0 N–H and O–H groups in total. The van der Waals surface area contributed by atoms with Crippen molar-refractivity contribution in [2.45, 2.75) is 0 Å². The first-order chi connectivity index (χ1) is 25.8. The normalized spacial score (nSPS) is 11.8. The molecule has 3 aromatic heterocycles. The molecule has 0 fully saturated rings. The molecule has 52 heavy (non-hydrogen) atoms. The van der Waals surface area contributed by atoms with Crippen LogP contribution >= 0.6 is 11.3 Å². The van der Waals surface area contributed by atoms with Crippen molar-refractivity contribution in [3.63, 3.8) is 0 Å². The van der Waals surface area contributed by atoms with Crippen molar-refractivity contribution in [1.82, 2.24) is 0 Å². The van der Waals surface area contributed by atoms with Gasteiger partial charge in [-0.1, -0.05) is 109 Å². The summed E-state index contributed by atoms with van der Waals surface area (Å²) in [5, 5.41) is 6.94. The van der Waals surface area contributed by atoms with Gasteiger partial charge < -0.3 is 13.7 Å². The Hall–Kier alpha value is -6.62. The van der Waals surface area contributed by atoms with E-state index in [1.165, 1.54) is 25.7 Å². The summed E-state index contributed by atoms with van der Waals surface area (Å²) in [4.78, 5) is 2.31. The van der Waals surface area contributed by atoms with Gasteiger partial charge in [-0.25, -0.2) is 0 Å². The maximum Gasteiger partial charge on any atom is 0.159 e. The van der Waals surface area contributed by atoms with E-state index in [4.69, 9.17) is 8.83 Å². The first kappa shape index (κ1) is 29.1. The Balaban J connectivity index is 1.05. The van der Waals surface area contributed by atoms with E-state index in [9.17, 15) is 0 Å². The van der Waals surface area contributed by atoms with Gasteiger partial charge >= 0.3 is 0 Å². The fourth-order valence-corrected chi connectivity index (χ4v) is 8.92. The highest BCUT2D eigenvalue weighted by Crippen LogP contribution is 2.45. The van der Waals surface area contributed by atoms with Gasteiger partial charge in [-0.2, -0.15) is 0 Å². The first-order valence-electron chi connectivity index (χ1n) is 17.5. The van der Waals surface area contributed by atoms with Crippen molar-refractivity contribution in [2.75, 3.05) is 4.90 Å². The molecule has 0 aliphatic carbocycles. The number of anilines is 3. The number of para-hydroxylation sites is 2. The second-order valence-corrected chi connectivity index (χ2v) is 14.4. The number of thiophene rings is 1. The second-order valence-electron chi connectivity index (χ2n) is 13.3. The highest BCUT2D eigenvalue weighted by Gasteiger charge is 2.20. The van der Waals surface area contributed by atoms with Gasteiger partial charge in [-0.05, 0) is 89.0 Å². The Bertz CT molecular complexity index is 3130. The smallest absolute Gasteiger partial charge is 0.159 e. The van der Waals surface area contributed by atoms with E-state index in [0.717, 1.165) is 77.6 Å². The zero-order valence-electron chi connectivity index (χ0n) is 27.9. The van der Waals surface area contributed by atoms with Crippen molar-refractivity contribution >= 4 is 92.4 Å². The zero-order chi connectivity index (χ0) is 34.2. The van der Waals surface area contributed by atoms with E-state index in [1.807, 2.05) is 23.5 Å². The Morgan fingerprint density at radius 2 is 1.02 bits per heavy atom. The maximum absolute atomic E-state index is 6.58. The number of furan rings is 2. The van der Waals surface area contributed by atoms with Crippen LogP contribution in [-0.4, -0.2) is 0 Å². The molecule has 0 aliphatic heterocycles. The van der Waals surface area contributed by atoms with Crippen LogP contribution in [0.1, 0.15) is 0 Å². The van der Waals surface area contributed by atoms with E-state index in [-0.39, 0.29) is 0 Å². The summed E-state index contributed by atoms with van der Waals surface area (Å²) >= 11 is 1.82. The molecule has 3 nitrogen and oxygen atoms in total. The fourth-order valence-electron chi connectivity index (χ4n) is 7.82. The molecular formula is C48H29NO2S. The van der Waals surface area contributed by atoms with Crippen LogP contribution in [0.25, 0.3) is 86.3 Å². The predicted molar refractivity (Wildman–Crippen MR) is 219 cm³/mol. The van der Waals surface area contributed by atoms with Crippen LogP contribution in [0.5, 0.6) is 0 Å². The molecule has 0 bridgehead atoms. The van der Waals surface area contributed by atoms with Crippen molar-refractivity contribution in [3.05, 3.63) is 176 Å². The molecule has 0 unspecified atom stereocenters. The van der Waals surface area contributed by atoms with E-state index >= 15 is 0 Å². The third kappa shape index (κ3) is 4.51. The molecule has 4 heteroatoms. The number of hydrogen-bond acceptors (Lipinski definition) is 4. The molecule has 11 rings (SSSR count). The third-order valence-electron chi connectivity index (χ3n) is 10.3. The Labute approximate surface area is 303 Å². The summed E-state index contributed by atoms with van der Waals surface area (Å²) in [6, 6.07) is 62.4. The Kier molecular flexibility index (Phi) is 6.42. The van der Waals surface area contributed by atoms with Crippen molar-refractivity contribution in [3.8, 4) is 22.3 Å². The summed E-state index contributed by atoms with van der Waals surface area (Å²) in [5.74, 6) is 0. The fraction of sp³-hybridized carbons (Fsp3) is 0. The summed E-state index contributed by atoms with van der Waals surface area (Å²) in [6.07, 6.45) is 0. The maximum atomic E-state index is 6.58. The van der Waals surface area contributed by atoms with Crippen LogP contribution in [0, 0.1) is 0 Å². The van der Waals surface area contributed by atoms with Gasteiger partial charge in [0, 0.05) is 53.1 Å². The van der Waals surface area contributed by atoms with Gasteiger partial charge in [-0.15, -0.1) is 11.3 Å². The van der Waals surface area contributed by atoms with Crippen LogP contribution in [0.15, 0.2) is 185 Å². The number of nitrogens with zero attached hydrogens (tertiary/aromatic N) is 1. The lowest BCUT2D eigenvalue weighted by Crippen LogP contribution is -2.10. The summed E-state index contributed by atoms with van der Waals surface area (Å²) in [6.45, 7) is 0.